The van der Waals surface area contributed by atoms with Gasteiger partial charge in [-0.25, -0.2) is 4.79 Å². The van der Waals surface area contributed by atoms with Gasteiger partial charge in [-0.2, -0.15) is 4.68 Å². The SMILES string of the molecule is CC(=O)Nn1c(=O)[nH]c2c3ccccc3ncc21. The van der Waals surface area contributed by atoms with E-state index < -0.39 is 5.69 Å². The molecule has 90 valence electrons. The molecule has 0 aliphatic rings. The van der Waals surface area contributed by atoms with E-state index in [9.17, 15) is 9.59 Å². The Labute approximate surface area is 101 Å². The third-order valence-corrected chi connectivity index (χ3v) is 2.70. The molecule has 0 atom stereocenters. The van der Waals surface area contributed by atoms with Crippen LogP contribution < -0.4 is 11.1 Å². The summed E-state index contributed by atoms with van der Waals surface area (Å²) >= 11 is 0. The first kappa shape index (κ1) is 10.5. The van der Waals surface area contributed by atoms with E-state index in [-0.39, 0.29) is 5.91 Å². The number of para-hydroxylation sites is 1. The van der Waals surface area contributed by atoms with E-state index in [4.69, 9.17) is 0 Å². The Kier molecular flexibility index (Phi) is 2.16. The Morgan fingerprint density at radius 1 is 1.39 bits per heavy atom. The quantitative estimate of drug-likeness (QED) is 0.667. The number of benzene rings is 1. The topological polar surface area (TPSA) is 79.8 Å². The largest absolute Gasteiger partial charge is 0.345 e. The van der Waals surface area contributed by atoms with Crippen molar-refractivity contribution in [2.24, 2.45) is 0 Å². The van der Waals surface area contributed by atoms with E-state index in [0.717, 1.165) is 15.6 Å². The number of aromatic nitrogens is 3. The van der Waals surface area contributed by atoms with Crippen LogP contribution in [-0.2, 0) is 4.79 Å². The van der Waals surface area contributed by atoms with E-state index in [1.54, 1.807) is 6.20 Å². The number of nitrogens with one attached hydrogen (secondary N) is 2. The maximum atomic E-state index is 11.8. The molecule has 2 heterocycles. The maximum Gasteiger partial charge on any atom is 0.345 e. The number of hydrogen-bond donors (Lipinski definition) is 2. The first-order chi connectivity index (χ1) is 8.66. The van der Waals surface area contributed by atoms with Crippen molar-refractivity contribution in [3.63, 3.8) is 0 Å². The molecule has 0 radical (unpaired) electrons. The van der Waals surface area contributed by atoms with Gasteiger partial charge in [0, 0.05) is 12.3 Å². The molecule has 0 aliphatic heterocycles. The number of hydrogen-bond acceptors (Lipinski definition) is 3. The highest BCUT2D eigenvalue weighted by Crippen LogP contribution is 2.19. The summed E-state index contributed by atoms with van der Waals surface area (Å²) in [6.07, 6.45) is 1.56. The number of fused-ring (bicyclic) bond motifs is 3. The van der Waals surface area contributed by atoms with Gasteiger partial charge in [0.25, 0.3) is 0 Å². The highest BCUT2D eigenvalue weighted by molar-refractivity contribution is 6.02. The van der Waals surface area contributed by atoms with Crippen LogP contribution in [0.1, 0.15) is 6.92 Å². The summed E-state index contributed by atoms with van der Waals surface area (Å²) in [5.74, 6) is -0.314. The van der Waals surface area contributed by atoms with Crippen LogP contribution in [0.4, 0.5) is 0 Å². The smallest absolute Gasteiger partial charge is 0.303 e. The minimum atomic E-state index is -0.390. The van der Waals surface area contributed by atoms with Crippen LogP contribution in [0, 0.1) is 0 Å². The number of imidazole rings is 1. The van der Waals surface area contributed by atoms with Crippen LogP contribution in [0.15, 0.2) is 35.3 Å². The minimum Gasteiger partial charge on any atom is -0.303 e. The molecule has 18 heavy (non-hydrogen) atoms. The average molecular weight is 242 g/mol. The Bertz CT molecular complexity index is 816. The molecule has 3 rings (SSSR count). The van der Waals surface area contributed by atoms with E-state index in [2.05, 4.69) is 15.4 Å². The third-order valence-electron chi connectivity index (χ3n) is 2.70. The summed E-state index contributed by atoms with van der Waals surface area (Å²) in [6.45, 7) is 1.35. The number of pyridine rings is 1. The second-order valence-corrected chi connectivity index (χ2v) is 3.97. The predicted octanol–water partition coefficient (Wildman–Crippen LogP) is 0.968. The lowest BCUT2D eigenvalue weighted by Crippen LogP contribution is -2.29. The first-order valence-electron chi connectivity index (χ1n) is 5.43. The molecule has 0 bridgehead atoms. The molecule has 2 aromatic heterocycles. The lowest BCUT2D eigenvalue weighted by molar-refractivity contribution is -0.115. The van der Waals surface area contributed by atoms with Crippen molar-refractivity contribution in [2.45, 2.75) is 6.92 Å². The monoisotopic (exact) mass is 242 g/mol. The van der Waals surface area contributed by atoms with Crippen molar-refractivity contribution >= 4 is 27.8 Å². The summed E-state index contributed by atoms with van der Waals surface area (Å²) in [4.78, 5) is 29.8. The Morgan fingerprint density at radius 2 is 2.17 bits per heavy atom. The molecule has 0 unspecified atom stereocenters. The third kappa shape index (κ3) is 1.46. The van der Waals surface area contributed by atoms with Crippen LogP contribution in [0.2, 0.25) is 0 Å². The molecule has 1 aromatic carbocycles. The van der Waals surface area contributed by atoms with E-state index in [1.807, 2.05) is 24.3 Å². The van der Waals surface area contributed by atoms with Crippen molar-refractivity contribution in [2.75, 3.05) is 5.43 Å². The van der Waals surface area contributed by atoms with E-state index in [1.165, 1.54) is 6.92 Å². The molecule has 6 heteroatoms. The van der Waals surface area contributed by atoms with Crippen molar-refractivity contribution in [3.05, 3.63) is 40.9 Å². The predicted molar refractivity (Wildman–Crippen MR) is 67.9 cm³/mol. The summed E-state index contributed by atoms with van der Waals surface area (Å²) in [5, 5.41) is 0.844. The number of aromatic amines is 1. The number of carbonyl (C=O) groups excluding carboxylic acids is 1. The summed E-state index contributed by atoms with van der Waals surface area (Å²) in [5.41, 5.74) is 4.07. The zero-order valence-corrected chi connectivity index (χ0v) is 9.60. The minimum absolute atomic E-state index is 0.314. The molecule has 0 saturated heterocycles. The van der Waals surface area contributed by atoms with Crippen LogP contribution in [-0.4, -0.2) is 20.6 Å². The summed E-state index contributed by atoms with van der Waals surface area (Å²) < 4.78 is 1.16. The average Bonchev–Trinajstić information content (AvgIpc) is 2.66. The molecule has 1 amide bonds. The normalized spacial score (nSPS) is 10.9. The molecule has 3 aromatic rings. The van der Waals surface area contributed by atoms with Crippen LogP contribution in [0.3, 0.4) is 0 Å². The number of H-pyrrole nitrogens is 1. The molecule has 6 nitrogen and oxygen atoms in total. The molecule has 0 saturated carbocycles. The van der Waals surface area contributed by atoms with Gasteiger partial charge in [0.2, 0.25) is 5.91 Å². The van der Waals surface area contributed by atoms with Gasteiger partial charge in [-0.1, -0.05) is 18.2 Å². The fraction of sp³-hybridized carbons (Fsp3) is 0.0833. The summed E-state index contributed by atoms with van der Waals surface area (Å²) in [7, 11) is 0. The molecular formula is C12H10N4O2. The summed E-state index contributed by atoms with van der Waals surface area (Å²) in [6, 6.07) is 7.49. The standard InChI is InChI=1S/C12H10N4O2/c1-7(17)15-16-10-6-13-9-5-3-2-4-8(9)11(10)14-12(16)18/h2-6H,1H3,(H,14,18)(H,15,17). The van der Waals surface area contributed by atoms with Crippen LogP contribution in [0.5, 0.6) is 0 Å². The number of nitrogens with zero attached hydrogens (tertiary/aromatic N) is 2. The van der Waals surface area contributed by atoms with Crippen molar-refractivity contribution < 1.29 is 4.79 Å². The van der Waals surface area contributed by atoms with Gasteiger partial charge in [0.1, 0.15) is 5.52 Å². The Morgan fingerprint density at radius 3 is 2.94 bits per heavy atom. The second kappa shape index (κ2) is 3.69. The lowest BCUT2D eigenvalue weighted by Gasteiger charge is -2.03. The van der Waals surface area contributed by atoms with Crippen LogP contribution in [0.25, 0.3) is 21.9 Å². The van der Waals surface area contributed by atoms with Gasteiger partial charge in [0.15, 0.2) is 0 Å². The number of amides is 1. The zero-order valence-electron chi connectivity index (χ0n) is 9.60. The van der Waals surface area contributed by atoms with Crippen molar-refractivity contribution in [3.8, 4) is 0 Å². The fourth-order valence-corrected chi connectivity index (χ4v) is 1.97. The van der Waals surface area contributed by atoms with Crippen molar-refractivity contribution in [1.82, 2.24) is 14.6 Å². The zero-order chi connectivity index (χ0) is 12.7. The molecule has 0 spiro atoms. The molecule has 0 fully saturated rings. The molecular weight excluding hydrogens is 232 g/mol. The maximum absolute atomic E-state index is 11.8. The van der Waals surface area contributed by atoms with Gasteiger partial charge >= 0.3 is 5.69 Å². The van der Waals surface area contributed by atoms with Gasteiger partial charge in [-0.15, -0.1) is 0 Å². The Balaban J connectivity index is 2.41. The highest BCUT2D eigenvalue weighted by atomic mass is 16.2. The lowest BCUT2D eigenvalue weighted by atomic mass is 10.2. The fourth-order valence-electron chi connectivity index (χ4n) is 1.97. The highest BCUT2D eigenvalue weighted by Gasteiger charge is 2.10. The number of rotatable bonds is 1. The van der Waals surface area contributed by atoms with Gasteiger partial charge in [-0.3, -0.25) is 15.2 Å². The number of carbonyl (C=O) groups is 1. The molecule has 2 N–H and O–H groups in total. The van der Waals surface area contributed by atoms with E-state index >= 15 is 0 Å². The van der Waals surface area contributed by atoms with Crippen LogP contribution >= 0.6 is 0 Å². The Hall–Kier alpha value is -2.63. The van der Waals surface area contributed by atoms with E-state index in [0.29, 0.717) is 11.0 Å². The molecule has 0 aliphatic carbocycles. The second-order valence-electron chi connectivity index (χ2n) is 3.97. The van der Waals surface area contributed by atoms with Crippen molar-refractivity contribution in [1.29, 1.82) is 0 Å². The van der Waals surface area contributed by atoms with Gasteiger partial charge < -0.3 is 4.98 Å². The van der Waals surface area contributed by atoms with Gasteiger partial charge in [-0.05, 0) is 6.07 Å². The first-order valence-corrected chi connectivity index (χ1v) is 5.43. The van der Waals surface area contributed by atoms with Gasteiger partial charge in [0.05, 0.1) is 17.2 Å².